The summed E-state index contributed by atoms with van der Waals surface area (Å²) in [6, 6.07) is 8.58. The van der Waals surface area contributed by atoms with Gasteiger partial charge in [-0.15, -0.1) is 0 Å². The highest BCUT2D eigenvalue weighted by atomic mass is 32.2. The molecule has 0 bridgehead atoms. The van der Waals surface area contributed by atoms with E-state index < -0.39 is 21.7 Å². The average molecular weight is 364 g/mol. The molecule has 0 saturated carbocycles. The lowest BCUT2D eigenvalue weighted by atomic mass is 10.1. The Balaban J connectivity index is 2.15. The molecule has 0 fully saturated rings. The number of amides is 1. The lowest BCUT2D eigenvalue weighted by molar-refractivity contribution is -0.116. The van der Waals surface area contributed by atoms with Crippen LogP contribution in [0.15, 0.2) is 41.3 Å². The van der Waals surface area contributed by atoms with Crippen LogP contribution in [-0.4, -0.2) is 32.2 Å². The van der Waals surface area contributed by atoms with Crippen molar-refractivity contribution in [1.82, 2.24) is 4.31 Å². The monoisotopic (exact) mass is 364 g/mol. The second-order valence-corrected chi connectivity index (χ2v) is 8.09. The van der Waals surface area contributed by atoms with Gasteiger partial charge in [-0.25, -0.2) is 12.8 Å². The standard InChI is InChI=1S/C18H21FN2O3S/c1-12-8-13(2)18(14(3)9-12)20-17(22)11-21(4)25(23,24)16-7-5-6-15(19)10-16/h5-10H,11H2,1-4H3,(H,20,22). The third-order valence-corrected chi connectivity index (χ3v) is 5.61. The van der Waals surface area contributed by atoms with Crippen LogP contribution in [0.25, 0.3) is 0 Å². The molecular formula is C18H21FN2O3S. The van der Waals surface area contributed by atoms with Crippen molar-refractivity contribution in [3.8, 4) is 0 Å². The van der Waals surface area contributed by atoms with Gasteiger partial charge in [-0.3, -0.25) is 4.79 Å². The fraction of sp³-hybridized carbons (Fsp3) is 0.278. The molecule has 5 nitrogen and oxygen atoms in total. The van der Waals surface area contributed by atoms with Crippen molar-refractivity contribution in [1.29, 1.82) is 0 Å². The van der Waals surface area contributed by atoms with Crippen LogP contribution in [0.4, 0.5) is 10.1 Å². The predicted molar refractivity (Wildman–Crippen MR) is 95.5 cm³/mol. The zero-order chi connectivity index (χ0) is 18.8. The Morgan fingerprint density at radius 1 is 1.12 bits per heavy atom. The van der Waals surface area contributed by atoms with Gasteiger partial charge >= 0.3 is 0 Å². The zero-order valence-corrected chi connectivity index (χ0v) is 15.4. The topological polar surface area (TPSA) is 66.5 Å². The summed E-state index contributed by atoms with van der Waals surface area (Å²) in [5, 5.41) is 2.75. The molecule has 0 aromatic heterocycles. The number of nitrogens with one attached hydrogen (secondary N) is 1. The van der Waals surface area contributed by atoms with Crippen molar-refractivity contribution < 1.29 is 17.6 Å². The van der Waals surface area contributed by atoms with E-state index in [1.807, 2.05) is 32.9 Å². The highest BCUT2D eigenvalue weighted by Crippen LogP contribution is 2.22. The smallest absolute Gasteiger partial charge is 0.243 e. The van der Waals surface area contributed by atoms with Gasteiger partial charge < -0.3 is 5.32 Å². The number of benzene rings is 2. The molecular weight excluding hydrogens is 343 g/mol. The van der Waals surface area contributed by atoms with E-state index in [4.69, 9.17) is 0 Å². The molecule has 134 valence electrons. The largest absolute Gasteiger partial charge is 0.324 e. The Morgan fingerprint density at radius 2 is 1.72 bits per heavy atom. The number of likely N-dealkylation sites (N-methyl/N-ethyl adjacent to an activating group) is 1. The van der Waals surface area contributed by atoms with E-state index in [1.165, 1.54) is 19.2 Å². The molecule has 0 saturated heterocycles. The minimum Gasteiger partial charge on any atom is -0.324 e. The SMILES string of the molecule is Cc1cc(C)c(NC(=O)CN(C)S(=O)(=O)c2cccc(F)c2)c(C)c1. The molecule has 2 rings (SSSR count). The average Bonchev–Trinajstić information content (AvgIpc) is 2.50. The van der Waals surface area contributed by atoms with Crippen LogP contribution >= 0.6 is 0 Å². The van der Waals surface area contributed by atoms with Gasteiger partial charge in [0.15, 0.2) is 0 Å². The van der Waals surface area contributed by atoms with E-state index in [0.29, 0.717) is 5.69 Å². The van der Waals surface area contributed by atoms with Crippen LogP contribution in [0.1, 0.15) is 16.7 Å². The fourth-order valence-electron chi connectivity index (χ4n) is 2.65. The minimum atomic E-state index is -3.94. The van der Waals surface area contributed by atoms with Crippen molar-refractivity contribution in [2.45, 2.75) is 25.7 Å². The van der Waals surface area contributed by atoms with Gasteiger partial charge in [0.1, 0.15) is 5.82 Å². The van der Waals surface area contributed by atoms with Crippen LogP contribution in [0.2, 0.25) is 0 Å². The molecule has 1 N–H and O–H groups in total. The van der Waals surface area contributed by atoms with Gasteiger partial charge in [-0.1, -0.05) is 23.8 Å². The number of rotatable bonds is 5. The summed E-state index contributed by atoms with van der Waals surface area (Å²) in [5.74, 6) is -1.11. The van der Waals surface area contributed by atoms with Crippen LogP contribution in [0.3, 0.4) is 0 Å². The lowest BCUT2D eigenvalue weighted by Gasteiger charge is -2.18. The molecule has 0 aliphatic heterocycles. The Labute approximate surface area is 147 Å². The second kappa shape index (κ2) is 7.33. The Kier molecular flexibility index (Phi) is 5.59. The fourth-order valence-corrected chi connectivity index (χ4v) is 3.81. The van der Waals surface area contributed by atoms with E-state index in [-0.39, 0.29) is 11.4 Å². The molecule has 0 aliphatic rings. The van der Waals surface area contributed by atoms with Gasteiger partial charge in [0.05, 0.1) is 11.4 Å². The third-order valence-electron chi connectivity index (χ3n) is 3.81. The van der Waals surface area contributed by atoms with Crippen molar-refractivity contribution in [3.63, 3.8) is 0 Å². The molecule has 0 radical (unpaired) electrons. The van der Waals surface area contributed by atoms with E-state index in [2.05, 4.69) is 5.32 Å². The van der Waals surface area contributed by atoms with E-state index in [0.717, 1.165) is 33.1 Å². The maximum atomic E-state index is 13.3. The van der Waals surface area contributed by atoms with Gasteiger partial charge in [0.25, 0.3) is 0 Å². The van der Waals surface area contributed by atoms with E-state index in [9.17, 15) is 17.6 Å². The van der Waals surface area contributed by atoms with Gasteiger partial charge in [-0.2, -0.15) is 4.31 Å². The minimum absolute atomic E-state index is 0.189. The maximum absolute atomic E-state index is 13.3. The maximum Gasteiger partial charge on any atom is 0.243 e. The normalized spacial score (nSPS) is 11.6. The molecule has 2 aromatic rings. The van der Waals surface area contributed by atoms with Crippen LogP contribution in [0.5, 0.6) is 0 Å². The molecule has 0 unspecified atom stereocenters. The van der Waals surface area contributed by atoms with Gasteiger partial charge in [0.2, 0.25) is 15.9 Å². The quantitative estimate of drug-likeness (QED) is 0.887. The first-order valence-corrected chi connectivity index (χ1v) is 9.15. The second-order valence-electron chi connectivity index (χ2n) is 6.04. The summed E-state index contributed by atoms with van der Waals surface area (Å²) >= 11 is 0. The molecule has 7 heteroatoms. The van der Waals surface area contributed by atoms with Crippen LogP contribution in [-0.2, 0) is 14.8 Å². The molecule has 2 aromatic carbocycles. The number of carbonyl (C=O) groups excluding carboxylic acids is 1. The first-order valence-electron chi connectivity index (χ1n) is 7.71. The molecule has 0 atom stereocenters. The predicted octanol–water partition coefficient (Wildman–Crippen LogP) is 3.01. The lowest BCUT2D eigenvalue weighted by Crippen LogP contribution is -2.35. The number of aryl methyl sites for hydroxylation is 3. The molecule has 0 aliphatic carbocycles. The molecule has 25 heavy (non-hydrogen) atoms. The number of hydrogen-bond donors (Lipinski definition) is 1. The molecule has 0 spiro atoms. The highest BCUT2D eigenvalue weighted by molar-refractivity contribution is 7.89. The number of anilines is 1. The van der Waals surface area contributed by atoms with Crippen molar-refractivity contribution in [3.05, 3.63) is 58.9 Å². The Morgan fingerprint density at radius 3 is 2.28 bits per heavy atom. The summed E-state index contributed by atoms with van der Waals surface area (Å²) in [6.07, 6.45) is 0. The van der Waals surface area contributed by atoms with Gasteiger partial charge in [0, 0.05) is 12.7 Å². The summed E-state index contributed by atoms with van der Waals surface area (Å²) < 4.78 is 39.0. The highest BCUT2D eigenvalue weighted by Gasteiger charge is 2.23. The first-order chi connectivity index (χ1) is 11.6. The number of hydrogen-bond acceptors (Lipinski definition) is 3. The number of sulfonamides is 1. The number of nitrogens with zero attached hydrogens (tertiary/aromatic N) is 1. The summed E-state index contributed by atoms with van der Waals surface area (Å²) in [4.78, 5) is 12.1. The number of carbonyl (C=O) groups is 1. The third kappa shape index (κ3) is 4.43. The van der Waals surface area contributed by atoms with Crippen LogP contribution < -0.4 is 5.32 Å². The van der Waals surface area contributed by atoms with Crippen molar-refractivity contribution >= 4 is 21.6 Å². The molecule has 0 heterocycles. The van der Waals surface area contributed by atoms with Gasteiger partial charge in [-0.05, 0) is 50.1 Å². The Bertz CT molecular complexity index is 887. The Hall–Kier alpha value is -2.25. The first kappa shape index (κ1) is 19.1. The van der Waals surface area contributed by atoms with Crippen molar-refractivity contribution in [2.75, 3.05) is 18.9 Å². The van der Waals surface area contributed by atoms with E-state index >= 15 is 0 Å². The summed E-state index contributed by atoms with van der Waals surface area (Å²) in [7, 11) is -2.66. The number of halogens is 1. The zero-order valence-electron chi connectivity index (χ0n) is 14.6. The van der Waals surface area contributed by atoms with Crippen molar-refractivity contribution in [2.24, 2.45) is 0 Å². The summed E-state index contributed by atoms with van der Waals surface area (Å²) in [6.45, 7) is 5.35. The molecule has 1 amide bonds. The summed E-state index contributed by atoms with van der Waals surface area (Å²) in [5.41, 5.74) is 3.56. The van der Waals surface area contributed by atoms with Crippen LogP contribution in [0, 0.1) is 26.6 Å². The van der Waals surface area contributed by atoms with E-state index in [1.54, 1.807) is 0 Å².